The van der Waals surface area contributed by atoms with Gasteiger partial charge >= 0.3 is 0 Å². The number of carbonyl (C=O) groups is 1. The van der Waals surface area contributed by atoms with Gasteiger partial charge in [-0.2, -0.15) is 0 Å². The van der Waals surface area contributed by atoms with Crippen molar-refractivity contribution >= 4 is 40.3 Å². The van der Waals surface area contributed by atoms with Gasteiger partial charge < -0.3 is 0 Å². The van der Waals surface area contributed by atoms with E-state index in [0.29, 0.717) is 16.5 Å². The number of aromatic nitrogens is 1. The molecule has 2 nitrogen and oxygen atoms in total. The fraction of sp³-hybridized carbons (Fsp3) is 0.231. The maximum absolute atomic E-state index is 11.8. The van der Waals surface area contributed by atoms with Gasteiger partial charge in [0.2, 0.25) is 0 Å². The zero-order valence-corrected chi connectivity index (χ0v) is 11.7. The predicted molar refractivity (Wildman–Crippen MR) is 74.8 cm³/mol. The number of benzene rings is 1. The molecule has 0 atom stereocenters. The highest BCUT2D eigenvalue weighted by Crippen LogP contribution is 2.38. The first-order valence-corrected chi connectivity index (χ1v) is 7.21. The molecule has 3 rings (SSSR count). The zero-order chi connectivity index (χ0) is 12.7. The van der Waals surface area contributed by atoms with Crippen LogP contribution in [0.2, 0.25) is 10.0 Å². The quantitative estimate of drug-likeness (QED) is 0.768. The summed E-state index contributed by atoms with van der Waals surface area (Å²) in [6, 6.07) is 5.46. The number of halogens is 2. The van der Waals surface area contributed by atoms with E-state index in [0.717, 1.165) is 34.0 Å². The number of rotatable bonds is 1. The Kier molecular flexibility index (Phi) is 3.14. The van der Waals surface area contributed by atoms with E-state index in [1.54, 1.807) is 6.07 Å². The number of thiazole rings is 1. The van der Waals surface area contributed by atoms with E-state index in [1.807, 2.05) is 12.1 Å². The maximum atomic E-state index is 11.8. The Labute approximate surface area is 119 Å². The Balaban J connectivity index is 2.13. The Morgan fingerprint density at radius 2 is 2.06 bits per heavy atom. The third-order valence-electron chi connectivity index (χ3n) is 2.95. The highest BCUT2D eigenvalue weighted by atomic mass is 35.5. The molecule has 0 fully saturated rings. The van der Waals surface area contributed by atoms with Gasteiger partial charge in [-0.3, -0.25) is 4.79 Å². The zero-order valence-electron chi connectivity index (χ0n) is 9.37. The Morgan fingerprint density at radius 1 is 1.22 bits per heavy atom. The summed E-state index contributed by atoms with van der Waals surface area (Å²) < 4.78 is 0. The topological polar surface area (TPSA) is 30.0 Å². The lowest BCUT2D eigenvalue weighted by Gasteiger charge is -2.06. The summed E-state index contributed by atoms with van der Waals surface area (Å²) in [6.07, 6.45) is 2.38. The van der Waals surface area contributed by atoms with E-state index in [-0.39, 0.29) is 5.78 Å². The van der Waals surface area contributed by atoms with Crippen molar-refractivity contribution in [3.8, 4) is 10.6 Å². The molecule has 1 aliphatic carbocycles. The number of hydrogen-bond donors (Lipinski definition) is 0. The van der Waals surface area contributed by atoms with Gasteiger partial charge in [-0.25, -0.2) is 4.98 Å². The standard InChI is InChI=1S/C13H9Cl2NOS/c14-8-4-1-3-7(11(8)15)13-16-9-5-2-6-10(17)12(9)18-13/h1,3-4H,2,5-6H2. The lowest BCUT2D eigenvalue weighted by atomic mass is 10.0. The van der Waals surface area contributed by atoms with E-state index in [1.165, 1.54) is 11.3 Å². The largest absolute Gasteiger partial charge is 0.293 e. The van der Waals surface area contributed by atoms with Gasteiger partial charge in [0, 0.05) is 12.0 Å². The minimum absolute atomic E-state index is 0.193. The van der Waals surface area contributed by atoms with Crippen molar-refractivity contribution in [1.82, 2.24) is 4.98 Å². The third kappa shape index (κ3) is 1.96. The molecule has 0 saturated carbocycles. The van der Waals surface area contributed by atoms with E-state index in [2.05, 4.69) is 4.98 Å². The highest BCUT2D eigenvalue weighted by Gasteiger charge is 2.23. The summed E-state index contributed by atoms with van der Waals surface area (Å²) >= 11 is 13.6. The monoisotopic (exact) mass is 297 g/mol. The summed E-state index contributed by atoms with van der Waals surface area (Å²) in [6.45, 7) is 0. The van der Waals surface area contributed by atoms with Crippen molar-refractivity contribution in [2.75, 3.05) is 0 Å². The van der Waals surface area contributed by atoms with Crippen molar-refractivity contribution in [1.29, 1.82) is 0 Å². The fourth-order valence-electron chi connectivity index (χ4n) is 2.05. The van der Waals surface area contributed by atoms with Gasteiger partial charge in [-0.15, -0.1) is 11.3 Å². The van der Waals surface area contributed by atoms with Gasteiger partial charge in [0.25, 0.3) is 0 Å². The number of fused-ring (bicyclic) bond motifs is 1. The van der Waals surface area contributed by atoms with Gasteiger partial charge in [-0.1, -0.05) is 35.3 Å². The lowest BCUT2D eigenvalue weighted by Crippen LogP contribution is -2.07. The van der Waals surface area contributed by atoms with Crippen molar-refractivity contribution in [2.24, 2.45) is 0 Å². The van der Waals surface area contributed by atoms with Crippen LogP contribution >= 0.6 is 34.5 Å². The first-order valence-electron chi connectivity index (χ1n) is 5.64. The molecule has 18 heavy (non-hydrogen) atoms. The van der Waals surface area contributed by atoms with Crippen molar-refractivity contribution in [3.63, 3.8) is 0 Å². The summed E-state index contributed by atoms with van der Waals surface area (Å²) in [4.78, 5) is 17.1. The molecule has 1 heterocycles. The predicted octanol–water partition coefficient (Wildman–Crippen LogP) is 4.64. The molecule has 0 amide bonds. The molecular formula is C13H9Cl2NOS. The fourth-order valence-corrected chi connectivity index (χ4v) is 3.61. The SMILES string of the molecule is O=C1CCCc2nc(-c3cccc(Cl)c3Cl)sc21. The van der Waals surface area contributed by atoms with E-state index in [9.17, 15) is 4.79 Å². The molecule has 2 aromatic rings. The smallest absolute Gasteiger partial charge is 0.174 e. The number of ketones is 1. The summed E-state index contributed by atoms with van der Waals surface area (Å²) in [5, 5.41) is 1.79. The number of Topliss-reactive ketones (excluding diaryl/α,β-unsaturated/α-hetero) is 1. The summed E-state index contributed by atoms with van der Waals surface area (Å²) in [7, 11) is 0. The van der Waals surface area contributed by atoms with Crippen LogP contribution in [-0.2, 0) is 6.42 Å². The normalized spacial score (nSPS) is 14.7. The molecular weight excluding hydrogens is 289 g/mol. The Morgan fingerprint density at radius 3 is 2.83 bits per heavy atom. The van der Waals surface area contributed by atoms with Crippen LogP contribution in [0.3, 0.4) is 0 Å². The van der Waals surface area contributed by atoms with E-state index >= 15 is 0 Å². The molecule has 0 spiro atoms. The highest BCUT2D eigenvalue weighted by molar-refractivity contribution is 7.17. The number of carbonyl (C=O) groups excluding carboxylic acids is 1. The van der Waals surface area contributed by atoms with Gasteiger partial charge in [0.15, 0.2) is 5.78 Å². The minimum Gasteiger partial charge on any atom is -0.293 e. The first-order chi connectivity index (χ1) is 8.66. The molecule has 1 aliphatic rings. The molecule has 0 bridgehead atoms. The molecule has 0 N–H and O–H groups in total. The van der Waals surface area contributed by atoms with Crippen LogP contribution < -0.4 is 0 Å². The average Bonchev–Trinajstić information content (AvgIpc) is 2.78. The van der Waals surface area contributed by atoms with Crippen LogP contribution in [0, 0.1) is 0 Å². The Bertz CT molecular complexity index is 636. The van der Waals surface area contributed by atoms with Crippen molar-refractivity contribution < 1.29 is 4.79 Å². The molecule has 1 aromatic heterocycles. The average molecular weight is 298 g/mol. The third-order valence-corrected chi connectivity index (χ3v) is 4.94. The van der Waals surface area contributed by atoms with Crippen LogP contribution in [0.4, 0.5) is 0 Å². The molecule has 0 aliphatic heterocycles. The lowest BCUT2D eigenvalue weighted by molar-refractivity contribution is 0.0976. The number of nitrogens with zero attached hydrogens (tertiary/aromatic N) is 1. The first kappa shape index (κ1) is 12.2. The number of aryl methyl sites for hydroxylation is 1. The maximum Gasteiger partial charge on any atom is 0.174 e. The van der Waals surface area contributed by atoms with Gasteiger partial charge in [0.05, 0.1) is 20.6 Å². The van der Waals surface area contributed by atoms with Crippen LogP contribution in [-0.4, -0.2) is 10.8 Å². The van der Waals surface area contributed by atoms with Crippen molar-refractivity contribution in [2.45, 2.75) is 19.3 Å². The molecule has 92 valence electrons. The summed E-state index contributed by atoms with van der Waals surface area (Å²) in [5.41, 5.74) is 1.71. The van der Waals surface area contributed by atoms with Crippen LogP contribution in [0.25, 0.3) is 10.6 Å². The second kappa shape index (κ2) is 4.65. The van der Waals surface area contributed by atoms with Crippen LogP contribution in [0.1, 0.15) is 28.2 Å². The molecule has 0 unspecified atom stereocenters. The Hall–Kier alpha value is -0.900. The van der Waals surface area contributed by atoms with Crippen LogP contribution in [0.5, 0.6) is 0 Å². The molecule has 5 heteroatoms. The van der Waals surface area contributed by atoms with Crippen LogP contribution in [0.15, 0.2) is 18.2 Å². The van der Waals surface area contributed by atoms with Gasteiger partial charge in [0.1, 0.15) is 5.01 Å². The van der Waals surface area contributed by atoms with Gasteiger partial charge in [-0.05, 0) is 18.9 Å². The molecule has 0 saturated heterocycles. The van der Waals surface area contributed by atoms with E-state index in [4.69, 9.17) is 23.2 Å². The van der Waals surface area contributed by atoms with Crippen molar-refractivity contribution in [3.05, 3.63) is 38.8 Å². The summed E-state index contributed by atoms with van der Waals surface area (Å²) in [5.74, 6) is 0.193. The molecule has 1 aromatic carbocycles. The number of hydrogen-bond acceptors (Lipinski definition) is 3. The second-order valence-electron chi connectivity index (χ2n) is 4.17. The van der Waals surface area contributed by atoms with E-state index < -0.39 is 0 Å². The molecule has 0 radical (unpaired) electrons. The minimum atomic E-state index is 0.193. The second-order valence-corrected chi connectivity index (χ2v) is 5.96.